The summed E-state index contributed by atoms with van der Waals surface area (Å²) in [6.07, 6.45) is 0.795. The third-order valence-corrected chi connectivity index (χ3v) is 3.34. The van der Waals surface area contributed by atoms with Crippen LogP contribution >= 0.6 is 0 Å². The Kier molecular flexibility index (Phi) is 5.74. The van der Waals surface area contributed by atoms with Crippen molar-refractivity contribution in [2.24, 2.45) is 0 Å². The van der Waals surface area contributed by atoms with Crippen molar-refractivity contribution in [1.29, 1.82) is 0 Å². The Bertz CT molecular complexity index is 667. The second kappa shape index (κ2) is 7.98. The highest BCUT2D eigenvalue weighted by molar-refractivity contribution is 5.96. The van der Waals surface area contributed by atoms with Crippen LogP contribution in [-0.2, 0) is 9.53 Å². The van der Waals surface area contributed by atoms with E-state index < -0.39 is 12.0 Å². The number of benzene rings is 2. The Morgan fingerprint density at radius 3 is 2.48 bits per heavy atom. The summed E-state index contributed by atoms with van der Waals surface area (Å²) in [5.41, 5.74) is 1.73. The molecule has 2 aromatic rings. The quantitative estimate of drug-likeness (QED) is 0.628. The number of nitrogens with one attached hydrogen (secondary N) is 1. The topological polar surface area (TPSA) is 64.6 Å². The lowest BCUT2D eigenvalue weighted by Gasteiger charge is -2.17. The number of esters is 1. The van der Waals surface area contributed by atoms with Crippen molar-refractivity contribution in [1.82, 2.24) is 0 Å². The minimum atomic E-state index is -0.573. The van der Waals surface area contributed by atoms with E-state index in [2.05, 4.69) is 5.32 Å². The van der Waals surface area contributed by atoms with Gasteiger partial charge in [-0.25, -0.2) is 4.79 Å². The molecule has 0 aliphatic heterocycles. The first-order valence-corrected chi connectivity index (χ1v) is 7.31. The lowest BCUT2D eigenvalue weighted by Crippen LogP contribution is -2.15. The van der Waals surface area contributed by atoms with E-state index in [1.54, 1.807) is 62.6 Å². The van der Waals surface area contributed by atoms with Crippen LogP contribution in [-0.4, -0.2) is 26.0 Å². The van der Waals surface area contributed by atoms with Crippen LogP contribution in [0.1, 0.15) is 28.9 Å². The van der Waals surface area contributed by atoms with Gasteiger partial charge in [-0.2, -0.15) is 0 Å². The number of methoxy groups -OCH3 is 1. The van der Waals surface area contributed by atoms with Crippen molar-refractivity contribution >= 4 is 17.9 Å². The molecule has 0 amide bonds. The number of anilines is 1. The number of rotatable bonds is 7. The Morgan fingerprint density at radius 2 is 1.87 bits per heavy atom. The molecule has 0 bridgehead atoms. The van der Waals surface area contributed by atoms with Gasteiger partial charge in [-0.3, -0.25) is 0 Å². The summed E-state index contributed by atoms with van der Waals surface area (Å²) in [4.78, 5) is 23.4. The molecule has 0 aliphatic rings. The second-order valence-electron chi connectivity index (χ2n) is 4.80. The molecule has 1 atom stereocenters. The first-order valence-electron chi connectivity index (χ1n) is 7.31. The zero-order valence-corrected chi connectivity index (χ0v) is 13.1. The average Bonchev–Trinajstić information content (AvgIpc) is 2.60. The maximum absolute atomic E-state index is 12.0. The van der Waals surface area contributed by atoms with Gasteiger partial charge in [0.15, 0.2) is 0 Å². The predicted molar refractivity (Wildman–Crippen MR) is 87.8 cm³/mol. The molecule has 5 nitrogen and oxygen atoms in total. The third kappa shape index (κ3) is 4.10. The van der Waals surface area contributed by atoms with Crippen molar-refractivity contribution in [3.05, 3.63) is 59.7 Å². The molecule has 0 saturated carbocycles. The molecule has 0 radical (unpaired) electrons. The van der Waals surface area contributed by atoms with E-state index >= 15 is 0 Å². The summed E-state index contributed by atoms with van der Waals surface area (Å²) in [5, 5.41) is 3.08. The van der Waals surface area contributed by atoms with Crippen molar-refractivity contribution in [3.63, 3.8) is 0 Å². The monoisotopic (exact) mass is 313 g/mol. The Morgan fingerprint density at radius 1 is 1.17 bits per heavy atom. The molecule has 1 N–H and O–H groups in total. The summed E-state index contributed by atoms with van der Waals surface area (Å²) in [6.45, 7) is 2.04. The highest BCUT2D eigenvalue weighted by Gasteiger charge is 2.16. The molecule has 2 rings (SSSR count). The van der Waals surface area contributed by atoms with Gasteiger partial charge in [-0.1, -0.05) is 24.3 Å². The van der Waals surface area contributed by atoms with Crippen LogP contribution in [0, 0.1) is 0 Å². The van der Waals surface area contributed by atoms with Crippen LogP contribution in [0.5, 0.6) is 5.75 Å². The van der Waals surface area contributed by atoms with E-state index in [4.69, 9.17) is 9.47 Å². The van der Waals surface area contributed by atoms with E-state index in [1.165, 1.54) is 0 Å². The summed E-state index contributed by atoms with van der Waals surface area (Å²) in [7, 11) is 1.58. The molecule has 0 fully saturated rings. The number of hydrogen-bond donors (Lipinski definition) is 1. The number of para-hydroxylation sites is 1. The molecule has 23 heavy (non-hydrogen) atoms. The molecule has 0 aromatic heterocycles. The van der Waals surface area contributed by atoms with E-state index in [0.29, 0.717) is 23.6 Å². The zero-order chi connectivity index (χ0) is 16.7. The van der Waals surface area contributed by atoms with Crippen LogP contribution < -0.4 is 10.1 Å². The van der Waals surface area contributed by atoms with E-state index in [9.17, 15) is 9.59 Å². The lowest BCUT2D eigenvalue weighted by molar-refractivity contribution is -0.108. The van der Waals surface area contributed by atoms with Crippen molar-refractivity contribution < 1.29 is 19.1 Å². The van der Waals surface area contributed by atoms with Crippen molar-refractivity contribution in [2.75, 3.05) is 19.0 Å². The fraction of sp³-hybridized carbons (Fsp3) is 0.222. The van der Waals surface area contributed by atoms with Gasteiger partial charge in [-0.15, -0.1) is 0 Å². The number of carbonyl (C=O) groups excluding carboxylic acids is 2. The summed E-state index contributed by atoms with van der Waals surface area (Å²) < 4.78 is 10.1. The number of aldehydes is 1. The normalized spacial score (nSPS) is 11.4. The Labute approximate surface area is 135 Å². The number of carbonyl (C=O) groups is 2. The summed E-state index contributed by atoms with van der Waals surface area (Å²) in [6, 6.07) is 13.5. The largest absolute Gasteiger partial charge is 0.497 e. The van der Waals surface area contributed by atoms with Gasteiger partial charge in [0.2, 0.25) is 0 Å². The molecule has 1 unspecified atom stereocenters. The summed E-state index contributed by atoms with van der Waals surface area (Å²) >= 11 is 0. The molecular formula is C18H19NO4. The van der Waals surface area contributed by atoms with Gasteiger partial charge in [0.1, 0.15) is 18.1 Å². The lowest BCUT2D eigenvalue weighted by atomic mass is 10.1. The molecule has 0 saturated heterocycles. The standard InChI is InChI=1S/C18H19NO4/c1-3-23-18(21)15-6-4-5-7-16(15)19-17(12-20)13-8-10-14(22-2)11-9-13/h4-12,17,19H,3H2,1-2H3. The van der Waals surface area contributed by atoms with Gasteiger partial charge in [0.25, 0.3) is 0 Å². The first kappa shape index (κ1) is 16.5. The Hall–Kier alpha value is -2.82. The van der Waals surface area contributed by atoms with Crippen LogP contribution in [0.15, 0.2) is 48.5 Å². The van der Waals surface area contributed by atoms with Gasteiger partial charge < -0.3 is 19.6 Å². The highest BCUT2D eigenvalue weighted by Crippen LogP contribution is 2.23. The molecule has 0 heterocycles. The first-order chi connectivity index (χ1) is 11.2. The molecule has 0 aliphatic carbocycles. The maximum atomic E-state index is 12.0. The third-order valence-electron chi connectivity index (χ3n) is 3.34. The van der Waals surface area contributed by atoms with Gasteiger partial charge in [-0.05, 0) is 36.8 Å². The van der Waals surface area contributed by atoms with E-state index in [1.807, 2.05) is 0 Å². The molecule has 5 heteroatoms. The van der Waals surface area contributed by atoms with E-state index in [0.717, 1.165) is 11.8 Å². The minimum absolute atomic E-state index is 0.294. The molecule has 120 valence electrons. The van der Waals surface area contributed by atoms with Crippen molar-refractivity contribution in [2.45, 2.75) is 13.0 Å². The van der Waals surface area contributed by atoms with Crippen LogP contribution in [0.3, 0.4) is 0 Å². The smallest absolute Gasteiger partial charge is 0.340 e. The number of hydrogen-bond acceptors (Lipinski definition) is 5. The predicted octanol–water partition coefficient (Wildman–Crippen LogP) is 3.22. The summed E-state index contributed by atoms with van der Waals surface area (Å²) in [5.74, 6) is 0.292. The highest BCUT2D eigenvalue weighted by atomic mass is 16.5. The second-order valence-corrected chi connectivity index (χ2v) is 4.80. The van der Waals surface area contributed by atoms with Gasteiger partial charge in [0, 0.05) is 5.69 Å². The SMILES string of the molecule is CCOC(=O)c1ccccc1NC(C=O)c1ccc(OC)cc1. The Balaban J connectivity index is 2.24. The molecule has 0 spiro atoms. The molecule has 2 aromatic carbocycles. The minimum Gasteiger partial charge on any atom is -0.497 e. The zero-order valence-electron chi connectivity index (χ0n) is 13.1. The number of ether oxygens (including phenoxy) is 2. The van der Waals surface area contributed by atoms with Crippen LogP contribution in [0.2, 0.25) is 0 Å². The van der Waals surface area contributed by atoms with Gasteiger partial charge in [0.05, 0.1) is 19.3 Å². The van der Waals surface area contributed by atoms with Crippen LogP contribution in [0.25, 0.3) is 0 Å². The average molecular weight is 313 g/mol. The fourth-order valence-electron chi connectivity index (χ4n) is 2.17. The van der Waals surface area contributed by atoms with Crippen molar-refractivity contribution in [3.8, 4) is 5.75 Å². The van der Waals surface area contributed by atoms with Gasteiger partial charge >= 0.3 is 5.97 Å². The van der Waals surface area contributed by atoms with E-state index in [-0.39, 0.29) is 0 Å². The van der Waals surface area contributed by atoms with Crippen LogP contribution in [0.4, 0.5) is 5.69 Å². The maximum Gasteiger partial charge on any atom is 0.340 e. The molecular weight excluding hydrogens is 294 g/mol. The fourth-order valence-corrected chi connectivity index (χ4v) is 2.17.